The van der Waals surface area contributed by atoms with Crippen LogP contribution in [0.3, 0.4) is 0 Å². The molecule has 0 saturated heterocycles. The molecular formula is C15H18N2O3S2. The number of sulfonamides is 1. The van der Waals surface area contributed by atoms with Crippen molar-refractivity contribution >= 4 is 33.0 Å². The van der Waals surface area contributed by atoms with Gasteiger partial charge in [-0.25, -0.2) is 8.42 Å². The van der Waals surface area contributed by atoms with Crippen LogP contribution < -0.4 is 10.0 Å². The van der Waals surface area contributed by atoms with Gasteiger partial charge in [0.2, 0.25) is 0 Å². The van der Waals surface area contributed by atoms with Gasteiger partial charge in [-0.1, -0.05) is 25.1 Å². The lowest BCUT2D eigenvalue weighted by Gasteiger charge is -2.15. The first kappa shape index (κ1) is 16.5. The van der Waals surface area contributed by atoms with E-state index in [-0.39, 0.29) is 21.8 Å². The number of nitrogens with one attached hydrogen (secondary N) is 2. The van der Waals surface area contributed by atoms with Crippen LogP contribution in [0.25, 0.3) is 0 Å². The van der Waals surface area contributed by atoms with Crippen LogP contribution in [-0.2, 0) is 10.0 Å². The molecule has 2 N–H and O–H groups in total. The number of para-hydroxylation sites is 1. The highest BCUT2D eigenvalue weighted by Gasteiger charge is 2.19. The van der Waals surface area contributed by atoms with Crippen LogP contribution >= 0.6 is 11.3 Å². The van der Waals surface area contributed by atoms with Crippen molar-refractivity contribution < 1.29 is 13.2 Å². The van der Waals surface area contributed by atoms with Crippen molar-refractivity contribution in [2.24, 2.45) is 0 Å². The zero-order valence-corrected chi connectivity index (χ0v) is 14.0. The first-order chi connectivity index (χ1) is 10.4. The summed E-state index contributed by atoms with van der Waals surface area (Å²) in [5.74, 6) is -0.293. The Labute approximate surface area is 134 Å². The van der Waals surface area contributed by atoms with Gasteiger partial charge in [0.25, 0.3) is 15.9 Å². The predicted octanol–water partition coefficient (Wildman–Crippen LogP) is 3.08. The molecule has 1 unspecified atom stereocenters. The normalized spacial score (nSPS) is 12.6. The average Bonchev–Trinajstić information content (AvgIpc) is 3.02. The van der Waals surface area contributed by atoms with Crippen molar-refractivity contribution in [2.75, 3.05) is 4.72 Å². The topological polar surface area (TPSA) is 75.3 Å². The molecule has 1 heterocycles. The van der Waals surface area contributed by atoms with Crippen LogP contribution in [0.5, 0.6) is 0 Å². The van der Waals surface area contributed by atoms with Crippen LogP contribution in [0.4, 0.5) is 5.69 Å². The van der Waals surface area contributed by atoms with E-state index in [9.17, 15) is 13.2 Å². The monoisotopic (exact) mass is 338 g/mol. The molecule has 7 heteroatoms. The van der Waals surface area contributed by atoms with Crippen molar-refractivity contribution in [3.8, 4) is 0 Å². The molecule has 2 aromatic rings. The molecule has 1 atom stereocenters. The Kier molecular flexibility index (Phi) is 5.20. The Morgan fingerprint density at radius 1 is 1.23 bits per heavy atom. The Balaban J connectivity index is 2.28. The molecule has 118 valence electrons. The molecular weight excluding hydrogens is 320 g/mol. The second-order valence-electron chi connectivity index (χ2n) is 4.87. The van der Waals surface area contributed by atoms with E-state index >= 15 is 0 Å². The largest absolute Gasteiger partial charge is 0.350 e. The summed E-state index contributed by atoms with van der Waals surface area (Å²) >= 11 is 1.13. The third-order valence-electron chi connectivity index (χ3n) is 3.17. The smallest absolute Gasteiger partial charge is 0.271 e. The Bertz CT molecular complexity index is 740. The quantitative estimate of drug-likeness (QED) is 0.850. The maximum absolute atomic E-state index is 12.3. The maximum atomic E-state index is 12.3. The van der Waals surface area contributed by atoms with Crippen LogP contribution in [0.15, 0.2) is 46.0 Å². The molecule has 1 aromatic heterocycles. The van der Waals surface area contributed by atoms with Gasteiger partial charge in [0.1, 0.15) is 4.21 Å². The van der Waals surface area contributed by atoms with E-state index in [1.54, 1.807) is 35.7 Å². The van der Waals surface area contributed by atoms with E-state index in [0.717, 1.165) is 17.8 Å². The van der Waals surface area contributed by atoms with Gasteiger partial charge >= 0.3 is 0 Å². The van der Waals surface area contributed by atoms with Crippen molar-refractivity contribution in [1.82, 2.24) is 5.32 Å². The molecule has 0 bridgehead atoms. The molecule has 0 aliphatic heterocycles. The number of hydrogen-bond donors (Lipinski definition) is 2. The van der Waals surface area contributed by atoms with Gasteiger partial charge in [-0.15, -0.1) is 11.3 Å². The van der Waals surface area contributed by atoms with E-state index < -0.39 is 10.0 Å². The van der Waals surface area contributed by atoms with Gasteiger partial charge in [0.15, 0.2) is 0 Å². The molecule has 22 heavy (non-hydrogen) atoms. The molecule has 0 saturated carbocycles. The fourth-order valence-electron chi connectivity index (χ4n) is 1.79. The SMILES string of the molecule is CCC(C)NC(=O)c1ccccc1NS(=O)(=O)c1cccs1. The van der Waals surface area contributed by atoms with Gasteiger partial charge in [-0.05, 0) is 36.9 Å². The van der Waals surface area contributed by atoms with Crippen molar-refractivity contribution in [1.29, 1.82) is 0 Å². The summed E-state index contributed by atoms with van der Waals surface area (Å²) in [7, 11) is -3.67. The Hall–Kier alpha value is -1.86. The minimum absolute atomic E-state index is 0.0226. The number of amides is 1. The van der Waals surface area contributed by atoms with Gasteiger partial charge in [0, 0.05) is 6.04 Å². The predicted molar refractivity (Wildman–Crippen MR) is 88.8 cm³/mol. The summed E-state index contributed by atoms with van der Waals surface area (Å²) in [6, 6.07) is 9.78. The van der Waals surface area contributed by atoms with E-state index in [1.807, 2.05) is 13.8 Å². The number of benzene rings is 1. The lowest BCUT2D eigenvalue weighted by Crippen LogP contribution is -2.32. The number of anilines is 1. The summed E-state index contributed by atoms with van der Waals surface area (Å²) in [5, 5.41) is 4.53. The standard InChI is InChI=1S/C15H18N2O3S2/c1-3-11(2)16-15(18)12-7-4-5-8-13(12)17-22(19,20)14-9-6-10-21-14/h4-11,17H,3H2,1-2H3,(H,16,18). The number of hydrogen-bond acceptors (Lipinski definition) is 4. The minimum atomic E-state index is -3.67. The molecule has 5 nitrogen and oxygen atoms in total. The third-order valence-corrected chi connectivity index (χ3v) is 5.93. The van der Waals surface area contributed by atoms with Crippen molar-refractivity contribution in [2.45, 2.75) is 30.5 Å². The summed E-state index contributed by atoms with van der Waals surface area (Å²) in [5.41, 5.74) is 0.583. The molecule has 0 aliphatic carbocycles. The first-order valence-electron chi connectivity index (χ1n) is 6.90. The van der Waals surface area contributed by atoms with Gasteiger partial charge in [0.05, 0.1) is 11.3 Å². The van der Waals surface area contributed by atoms with Crippen LogP contribution in [0.1, 0.15) is 30.6 Å². The first-order valence-corrected chi connectivity index (χ1v) is 9.26. The van der Waals surface area contributed by atoms with E-state index in [2.05, 4.69) is 10.0 Å². The van der Waals surface area contributed by atoms with E-state index in [1.165, 1.54) is 6.07 Å². The highest BCUT2D eigenvalue weighted by Crippen LogP contribution is 2.22. The Morgan fingerprint density at radius 2 is 1.95 bits per heavy atom. The van der Waals surface area contributed by atoms with Crippen LogP contribution in [0, 0.1) is 0 Å². The fraction of sp³-hybridized carbons (Fsp3) is 0.267. The van der Waals surface area contributed by atoms with Crippen LogP contribution in [-0.4, -0.2) is 20.4 Å². The maximum Gasteiger partial charge on any atom is 0.271 e. The molecule has 2 rings (SSSR count). The average molecular weight is 338 g/mol. The zero-order chi connectivity index (χ0) is 16.2. The molecule has 1 amide bonds. The zero-order valence-electron chi connectivity index (χ0n) is 12.4. The third kappa shape index (κ3) is 3.86. The van der Waals surface area contributed by atoms with Crippen molar-refractivity contribution in [3.63, 3.8) is 0 Å². The number of thiophene rings is 1. The van der Waals surface area contributed by atoms with E-state index in [0.29, 0.717) is 5.56 Å². The summed E-state index contributed by atoms with van der Waals surface area (Å²) in [4.78, 5) is 12.3. The summed E-state index contributed by atoms with van der Waals surface area (Å²) in [6.45, 7) is 3.87. The summed E-state index contributed by atoms with van der Waals surface area (Å²) < 4.78 is 27.3. The fourth-order valence-corrected chi connectivity index (χ4v) is 3.86. The number of rotatable bonds is 6. The number of carbonyl (C=O) groups is 1. The second-order valence-corrected chi connectivity index (χ2v) is 7.72. The molecule has 0 fully saturated rings. The molecule has 0 radical (unpaired) electrons. The lowest BCUT2D eigenvalue weighted by molar-refractivity contribution is 0.0940. The van der Waals surface area contributed by atoms with Gasteiger partial charge in [-0.2, -0.15) is 0 Å². The lowest BCUT2D eigenvalue weighted by atomic mass is 10.1. The molecule has 1 aromatic carbocycles. The highest BCUT2D eigenvalue weighted by molar-refractivity contribution is 7.94. The van der Waals surface area contributed by atoms with E-state index in [4.69, 9.17) is 0 Å². The minimum Gasteiger partial charge on any atom is -0.350 e. The van der Waals surface area contributed by atoms with Gasteiger partial charge < -0.3 is 5.32 Å². The van der Waals surface area contributed by atoms with Crippen molar-refractivity contribution in [3.05, 3.63) is 47.3 Å². The van der Waals surface area contributed by atoms with Gasteiger partial charge in [-0.3, -0.25) is 9.52 Å². The second kappa shape index (κ2) is 6.93. The summed E-state index contributed by atoms with van der Waals surface area (Å²) in [6.07, 6.45) is 0.800. The number of carbonyl (C=O) groups excluding carboxylic acids is 1. The Morgan fingerprint density at radius 3 is 2.59 bits per heavy atom. The molecule has 0 spiro atoms. The highest BCUT2D eigenvalue weighted by atomic mass is 32.2. The van der Waals surface area contributed by atoms with Crippen LogP contribution in [0.2, 0.25) is 0 Å². The molecule has 0 aliphatic rings.